The van der Waals surface area contributed by atoms with E-state index in [1.165, 1.54) is 15.5 Å². The van der Waals surface area contributed by atoms with Crippen LogP contribution >= 0.6 is 0 Å². The molecule has 0 unspecified atom stereocenters. The van der Waals surface area contributed by atoms with Crippen LogP contribution in [0.1, 0.15) is 40.5 Å². The molecule has 1 atom stereocenters. The van der Waals surface area contributed by atoms with Gasteiger partial charge in [-0.3, -0.25) is 14.5 Å². The van der Waals surface area contributed by atoms with Crippen molar-refractivity contribution in [2.24, 2.45) is 0 Å². The lowest BCUT2D eigenvalue weighted by Crippen LogP contribution is -2.45. The maximum Gasteiger partial charge on any atom is 0.410 e. The van der Waals surface area contributed by atoms with Gasteiger partial charge in [0.05, 0.1) is 5.69 Å². The summed E-state index contributed by atoms with van der Waals surface area (Å²) in [6, 6.07) is 2.43. The summed E-state index contributed by atoms with van der Waals surface area (Å²) < 4.78 is 6.88. The molecule has 0 radical (unpaired) electrons. The third kappa shape index (κ3) is 4.37. The summed E-state index contributed by atoms with van der Waals surface area (Å²) in [5.41, 5.74) is -0.179. The molecule has 1 saturated heterocycles. The van der Waals surface area contributed by atoms with Crippen molar-refractivity contribution in [3.63, 3.8) is 0 Å². The predicted molar refractivity (Wildman–Crippen MR) is 91.0 cm³/mol. The van der Waals surface area contributed by atoms with Crippen molar-refractivity contribution < 1.29 is 14.3 Å². The molecule has 132 valence electrons. The Morgan fingerprint density at radius 3 is 2.67 bits per heavy atom. The van der Waals surface area contributed by atoms with E-state index < -0.39 is 17.7 Å². The first kappa shape index (κ1) is 18.0. The molecule has 7 heteroatoms. The standard InChI is InChI=1S/C17H25N3O4/c1-5-19-11-12(8-9-14(19)21)18-15(22)13-7-6-10-20(13)16(23)24-17(2,3)4/h8-9,11,13H,5-7,10H2,1-4H3,(H,18,22)/t13-/m0/s1. The molecule has 0 saturated carbocycles. The van der Waals surface area contributed by atoms with E-state index in [4.69, 9.17) is 4.74 Å². The summed E-state index contributed by atoms with van der Waals surface area (Å²) in [4.78, 5) is 37.9. The molecule has 0 aliphatic carbocycles. The lowest BCUT2D eigenvalue weighted by atomic mass is 10.2. The Balaban J connectivity index is 2.08. The van der Waals surface area contributed by atoms with Crippen LogP contribution in [0.5, 0.6) is 0 Å². The first-order valence-corrected chi connectivity index (χ1v) is 8.22. The van der Waals surface area contributed by atoms with E-state index in [2.05, 4.69) is 5.32 Å². The van der Waals surface area contributed by atoms with Gasteiger partial charge in [-0.1, -0.05) is 0 Å². The van der Waals surface area contributed by atoms with E-state index in [1.54, 1.807) is 33.0 Å². The molecule has 7 nitrogen and oxygen atoms in total. The van der Waals surface area contributed by atoms with Gasteiger partial charge in [0.15, 0.2) is 0 Å². The van der Waals surface area contributed by atoms with Crippen LogP contribution in [-0.4, -0.2) is 39.7 Å². The molecule has 1 aliphatic rings. The lowest BCUT2D eigenvalue weighted by molar-refractivity contribution is -0.120. The number of anilines is 1. The van der Waals surface area contributed by atoms with Gasteiger partial charge in [-0.05, 0) is 46.6 Å². The van der Waals surface area contributed by atoms with Gasteiger partial charge < -0.3 is 14.6 Å². The van der Waals surface area contributed by atoms with Crippen LogP contribution in [0, 0.1) is 0 Å². The third-order valence-electron chi connectivity index (χ3n) is 3.78. The predicted octanol–water partition coefficient (Wildman–Crippen LogP) is 2.21. The maximum absolute atomic E-state index is 12.5. The molecule has 24 heavy (non-hydrogen) atoms. The van der Waals surface area contributed by atoms with Gasteiger partial charge in [0.25, 0.3) is 5.56 Å². The van der Waals surface area contributed by atoms with E-state index >= 15 is 0 Å². The highest BCUT2D eigenvalue weighted by atomic mass is 16.6. The minimum Gasteiger partial charge on any atom is -0.444 e. The Hall–Kier alpha value is -2.31. The number of likely N-dealkylation sites (tertiary alicyclic amines) is 1. The summed E-state index contributed by atoms with van der Waals surface area (Å²) in [5.74, 6) is -0.264. The van der Waals surface area contributed by atoms with E-state index in [-0.39, 0.29) is 11.5 Å². The highest BCUT2D eigenvalue weighted by molar-refractivity contribution is 5.96. The number of amides is 2. The van der Waals surface area contributed by atoms with E-state index in [9.17, 15) is 14.4 Å². The van der Waals surface area contributed by atoms with Crippen molar-refractivity contribution in [3.8, 4) is 0 Å². The number of pyridine rings is 1. The van der Waals surface area contributed by atoms with Crippen LogP contribution in [-0.2, 0) is 16.1 Å². The number of nitrogens with zero attached hydrogens (tertiary/aromatic N) is 2. The topological polar surface area (TPSA) is 80.6 Å². The van der Waals surface area contributed by atoms with Crippen molar-refractivity contribution in [1.29, 1.82) is 0 Å². The van der Waals surface area contributed by atoms with E-state index in [0.29, 0.717) is 25.2 Å². The molecule has 1 aromatic heterocycles. The molecule has 2 rings (SSSR count). The molecule has 1 aliphatic heterocycles. The van der Waals surface area contributed by atoms with Crippen molar-refractivity contribution in [3.05, 3.63) is 28.7 Å². The van der Waals surface area contributed by atoms with Crippen LogP contribution in [0.2, 0.25) is 0 Å². The third-order valence-corrected chi connectivity index (χ3v) is 3.78. The molecular weight excluding hydrogens is 310 g/mol. The normalized spacial score (nSPS) is 17.7. The molecule has 2 amide bonds. The van der Waals surface area contributed by atoms with Crippen LogP contribution in [0.4, 0.5) is 10.5 Å². The number of hydrogen-bond acceptors (Lipinski definition) is 4. The minimum absolute atomic E-state index is 0.119. The zero-order valence-electron chi connectivity index (χ0n) is 14.7. The molecule has 0 aromatic carbocycles. The van der Waals surface area contributed by atoms with Crippen LogP contribution in [0.3, 0.4) is 0 Å². The number of carbonyl (C=O) groups is 2. The number of aryl methyl sites for hydroxylation is 1. The second kappa shape index (κ2) is 7.07. The van der Waals surface area contributed by atoms with Crippen molar-refractivity contribution in [1.82, 2.24) is 9.47 Å². The largest absolute Gasteiger partial charge is 0.444 e. The Bertz CT molecular complexity index is 675. The zero-order valence-corrected chi connectivity index (χ0v) is 14.7. The average Bonchev–Trinajstić information content (AvgIpc) is 2.97. The molecule has 1 N–H and O–H groups in total. The van der Waals surface area contributed by atoms with E-state index in [1.807, 2.05) is 6.92 Å². The maximum atomic E-state index is 12.5. The fourth-order valence-corrected chi connectivity index (χ4v) is 2.66. The second-order valence-electron chi connectivity index (χ2n) is 6.86. The smallest absolute Gasteiger partial charge is 0.410 e. The highest BCUT2D eigenvalue weighted by Gasteiger charge is 2.36. The second-order valence-corrected chi connectivity index (χ2v) is 6.86. The van der Waals surface area contributed by atoms with Crippen LogP contribution in [0.25, 0.3) is 0 Å². The average molecular weight is 335 g/mol. The van der Waals surface area contributed by atoms with Gasteiger partial charge in [0, 0.05) is 25.4 Å². The molecule has 0 bridgehead atoms. The number of carbonyl (C=O) groups excluding carboxylic acids is 2. The van der Waals surface area contributed by atoms with Gasteiger partial charge in [-0.2, -0.15) is 0 Å². The fraction of sp³-hybridized carbons (Fsp3) is 0.588. The number of aromatic nitrogens is 1. The van der Waals surface area contributed by atoms with Crippen LogP contribution in [0.15, 0.2) is 23.1 Å². The Kier molecular flexibility index (Phi) is 5.31. The minimum atomic E-state index is -0.600. The van der Waals surface area contributed by atoms with Crippen LogP contribution < -0.4 is 10.9 Å². The summed E-state index contributed by atoms with van der Waals surface area (Å²) in [7, 11) is 0. The summed E-state index contributed by atoms with van der Waals surface area (Å²) in [5, 5.41) is 2.79. The molecule has 1 fully saturated rings. The highest BCUT2D eigenvalue weighted by Crippen LogP contribution is 2.22. The lowest BCUT2D eigenvalue weighted by Gasteiger charge is -2.28. The fourth-order valence-electron chi connectivity index (χ4n) is 2.66. The molecule has 2 heterocycles. The van der Waals surface area contributed by atoms with Gasteiger partial charge in [0.2, 0.25) is 5.91 Å². The number of nitrogens with one attached hydrogen (secondary N) is 1. The number of hydrogen-bond donors (Lipinski definition) is 1. The zero-order chi connectivity index (χ0) is 17.9. The Morgan fingerprint density at radius 2 is 2.04 bits per heavy atom. The van der Waals surface area contributed by atoms with Gasteiger partial charge in [-0.15, -0.1) is 0 Å². The number of rotatable bonds is 3. The van der Waals surface area contributed by atoms with Crippen molar-refractivity contribution in [2.45, 2.75) is 58.7 Å². The summed E-state index contributed by atoms with van der Waals surface area (Å²) in [6.07, 6.45) is 2.48. The van der Waals surface area contributed by atoms with Gasteiger partial charge in [-0.25, -0.2) is 4.79 Å². The number of ether oxygens (including phenoxy) is 1. The Labute approximate surface area is 141 Å². The SMILES string of the molecule is CCn1cc(NC(=O)[C@@H]2CCCN2C(=O)OC(C)(C)C)ccc1=O. The molecular formula is C17H25N3O4. The van der Waals surface area contributed by atoms with Gasteiger partial charge >= 0.3 is 6.09 Å². The first-order chi connectivity index (χ1) is 11.2. The molecule has 1 aromatic rings. The quantitative estimate of drug-likeness (QED) is 0.918. The summed E-state index contributed by atoms with van der Waals surface area (Å²) in [6.45, 7) is 8.27. The monoisotopic (exact) mass is 335 g/mol. The van der Waals surface area contributed by atoms with Crippen molar-refractivity contribution in [2.75, 3.05) is 11.9 Å². The van der Waals surface area contributed by atoms with E-state index in [0.717, 1.165) is 6.42 Å². The summed E-state index contributed by atoms with van der Waals surface area (Å²) >= 11 is 0. The van der Waals surface area contributed by atoms with Crippen molar-refractivity contribution >= 4 is 17.7 Å². The van der Waals surface area contributed by atoms with Gasteiger partial charge in [0.1, 0.15) is 11.6 Å². The Morgan fingerprint density at radius 1 is 1.33 bits per heavy atom. The first-order valence-electron chi connectivity index (χ1n) is 8.22. The molecule has 0 spiro atoms.